The summed E-state index contributed by atoms with van der Waals surface area (Å²) in [5, 5.41) is 7.54. The number of amides is 3. The first-order chi connectivity index (χ1) is 14.2. The van der Waals surface area contributed by atoms with E-state index in [9.17, 15) is 14.4 Å². The number of rotatable bonds is 5. The van der Waals surface area contributed by atoms with Gasteiger partial charge < -0.3 is 10.1 Å². The Hall–Kier alpha value is -3.04. The van der Waals surface area contributed by atoms with Crippen molar-refractivity contribution in [3.8, 4) is 5.75 Å². The first-order valence-corrected chi connectivity index (χ1v) is 10.1. The zero-order valence-corrected chi connectivity index (χ0v) is 18.6. The van der Waals surface area contributed by atoms with Crippen molar-refractivity contribution in [2.75, 3.05) is 11.9 Å². The summed E-state index contributed by atoms with van der Waals surface area (Å²) in [5.74, 6) is -0.932. The molecule has 9 heteroatoms. The maximum absolute atomic E-state index is 12.2. The molecule has 0 aromatic heterocycles. The lowest BCUT2D eigenvalue weighted by Crippen LogP contribution is -2.51. The van der Waals surface area contributed by atoms with Gasteiger partial charge in [0.15, 0.2) is 11.7 Å². The van der Waals surface area contributed by atoms with E-state index in [0.717, 1.165) is 15.6 Å². The molecule has 1 aliphatic rings. The Morgan fingerprint density at radius 2 is 1.70 bits per heavy atom. The molecule has 0 spiro atoms. The second-order valence-corrected chi connectivity index (χ2v) is 7.88. The maximum atomic E-state index is 12.2. The van der Waals surface area contributed by atoms with Gasteiger partial charge in [0.2, 0.25) is 0 Å². The number of benzene rings is 2. The van der Waals surface area contributed by atoms with Gasteiger partial charge in [0.25, 0.3) is 17.7 Å². The van der Waals surface area contributed by atoms with E-state index in [2.05, 4.69) is 31.9 Å². The number of nitrogens with one attached hydrogen (secondary N) is 3. The third-order valence-corrected chi connectivity index (χ3v) is 5.22. The van der Waals surface area contributed by atoms with Gasteiger partial charge in [-0.3, -0.25) is 25.0 Å². The van der Waals surface area contributed by atoms with Crippen LogP contribution in [0.25, 0.3) is 6.08 Å². The van der Waals surface area contributed by atoms with Crippen LogP contribution >= 0.6 is 28.1 Å². The molecule has 1 heterocycles. The number of hydrogen-bond donors (Lipinski definition) is 3. The van der Waals surface area contributed by atoms with E-state index in [4.69, 9.17) is 17.0 Å². The Balaban J connectivity index is 1.60. The molecule has 1 fully saturated rings. The van der Waals surface area contributed by atoms with Gasteiger partial charge in [-0.05, 0) is 89.0 Å². The lowest BCUT2D eigenvalue weighted by molar-refractivity contribution is -0.123. The monoisotopic (exact) mass is 487 g/mol. The average Bonchev–Trinajstić information content (AvgIpc) is 2.68. The number of ether oxygens (including phenoxy) is 1. The van der Waals surface area contributed by atoms with Gasteiger partial charge in [0.05, 0.1) is 5.69 Å². The lowest BCUT2D eigenvalue weighted by atomic mass is 10.1. The molecule has 154 valence electrons. The lowest BCUT2D eigenvalue weighted by Gasteiger charge is -2.16. The molecule has 3 rings (SSSR count). The summed E-state index contributed by atoms with van der Waals surface area (Å²) < 4.78 is 6.31. The quantitative estimate of drug-likeness (QED) is 0.342. The third-order valence-electron chi connectivity index (χ3n) is 4.36. The molecule has 0 saturated carbocycles. The predicted octanol–water partition coefficient (Wildman–Crippen LogP) is 3.00. The molecule has 1 aliphatic heterocycles. The molecule has 0 aliphatic carbocycles. The number of thiocarbonyl (C=S) groups is 1. The summed E-state index contributed by atoms with van der Waals surface area (Å²) in [6.07, 6.45) is 1.44. The molecule has 3 amide bonds. The van der Waals surface area contributed by atoms with Crippen LogP contribution in [0.2, 0.25) is 0 Å². The summed E-state index contributed by atoms with van der Waals surface area (Å²) in [7, 11) is 0. The fourth-order valence-electron chi connectivity index (χ4n) is 2.65. The van der Waals surface area contributed by atoms with Crippen LogP contribution in [0.4, 0.5) is 5.69 Å². The number of carbonyl (C=O) groups excluding carboxylic acids is 3. The minimum atomic E-state index is -0.557. The van der Waals surface area contributed by atoms with Crippen LogP contribution in [0.5, 0.6) is 5.75 Å². The van der Waals surface area contributed by atoms with Crippen molar-refractivity contribution >= 4 is 62.7 Å². The zero-order valence-electron chi connectivity index (χ0n) is 16.2. The summed E-state index contributed by atoms with van der Waals surface area (Å²) in [6.45, 7) is 3.80. The van der Waals surface area contributed by atoms with Crippen molar-refractivity contribution in [1.82, 2.24) is 10.6 Å². The molecule has 0 radical (unpaired) electrons. The van der Waals surface area contributed by atoms with E-state index in [1.165, 1.54) is 6.08 Å². The summed E-state index contributed by atoms with van der Waals surface area (Å²) in [4.78, 5) is 36.0. The normalized spacial score (nSPS) is 13.4. The van der Waals surface area contributed by atoms with Crippen molar-refractivity contribution in [3.05, 3.63) is 63.1 Å². The topological polar surface area (TPSA) is 96.5 Å². The number of hydrogen-bond acceptors (Lipinski definition) is 5. The molecule has 2 aromatic rings. The number of anilines is 1. The molecule has 7 nitrogen and oxygen atoms in total. The Kier molecular flexibility index (Phi) is 6.63. The number of aryl methyl sites for hydroxylation is 2. The highest BCUT2D eigenvalue weighted by molar-refractivity contribution is 9.10. The van der Waals surface area contributed by atoms with E-state index < -0.39 is 11.8 Å². The molecule has 1 saturated heterocycles. The van der Waals surface area contributed by atoms with Crippen molar-refractivity contribution in [2.24, 2.45) is 0 Å². The van der Waals surface area contributed by atoms with Crippen molar-refractivity contribution in [2.45, 2.75) is 13.8 Å². The number of carbonyl (C=O) groups is 3. The zero-order chi connectivity index (χ0) is 21.8. The highest BCUT2D eigenvalue weighted by Crippen LogP contribution is 2.26. The maximum Gasteiger partial charge on any atom is 0.263 e. The van der Waals surface area contributed by atoms with Gasteiger partial charge in [-0.15, -0.1) is 0 Å². The van der Waals surface area contributed by atoms with E-state index in [1.54, 1.807) is 24.3 Å². The van der Waals surface area contributed by atoms with Crippen molar-refractivity contribution in [3.63, 3.8) is 0 Å². The van der Waals surface area contributed by atoms with E-state index in [1.807, 2.05) is 26.0 Å². The van der Waals surface area contributed by atoms with Crippen molar-refractivity contribution in [1.29, 1.82) is 0 Å². The van der Waals surface area contributed by atoms with Crippen LogP contribution in [-0.2, 0) is 14.4 Å². The highest BCUT2D eigenvalue weighted by atomic mass is 79.9. The Bertz CT molecular complexity index is 1060. The molecule has 0 unspecified atom stereocenters. The molecule has 2 aromatic carbocycles. The minimum absolute atomic E-state index is 0.0167. The highest BCUT2D eigenvalue weighted by Gasteiger charge is 2.25. The van der Waals surface area contributed by atoms with E-state index >= 15 is 0 Å². The summed E-state index contributed by atoms with van der Waals surface area (Å²) in [5.41, 5.74) is 3.45. The number of halogens is 1. The summed E-state index contributed by atoms with van der Waals surface area (Å²) in [6, 6.07) is 10.5. The third kappa shape index (κ3) is 5.31. The second-order valence-electron chi connectivity index (χ2n) is 6.62. The molecule has 3 N–H and O–H groups in total. The van der Waals surface area contributed by atoms with Gasteiger partial charge >= 0.3 is 0 Å². The Labute approximate surface area is 187 Å². The largest absolute Gasteiger partial charge is 0.484 e. The Morgan fingerprint density at radius 3 is 2.33 bits per heavy atom. The van der Waals surface area contributed by atoms with Crippen LogP contribution in [0, 0.1) is 13.8 Å². The minimum Gasteiger partial charge on any atom is -0.484 e. The van der Waals surface area contributed by atoms with Gasteiger partial charge in [-0.2, -0.15) is 0 Å². The standard InChI is InChI=1S/C21H18BrN3O4S/c1-11-7-16(22)17(8-12(11)2)23-18(26)10-29-14-5-3-13(4-6-14)9-15-19(27)24-21(30)25-20(15)28/h3-9H,10H2,1-2H3,(H,23,26)(H2,24,25,27,28,30). The fourth-order valence-corrected chi connectivity index (χ4v) is 3.39. The molecular formula is C21H18BrN3O4S. The van der Waals surface area contributed by atoms with Crippen LogP contribution in [-0.4, -0.2) is 29.4 Å². The first kappa shape index (κ1) is 21.7. The fraction of sp³-hybridized carbons (Fsp3) is 0.143. The Morgan fingerprint density at radius 1 is 1.10 bits per heavy atom. The first-order valence-electron chi connectivity index (χ1n) is 8.91. The van der Waals surface area contributed by atoms with Crippen LogP contribution in [0.1, 0.15) is 16.7 Å². The van der Waals surface area contributed by atoms with E-state index in [-0.39, 0.29) is 23.2 Å². The average molecular weight is 488 g/mol. The van der Waals surface area contributed by atoms with Gasteiger partial charge in [0.1, 0.15) is 11.3 Å². The van der Waals surface area contributed by atoms with Crippen LogP contribution in [0.15, 0.2) is 46.4 Å². The SMILES string of the molecule is Cc1cc(Br)c(NC(=O)COc2ccc(C=C3C(=O)NC(=S)NC3=O)cc2)cc1C. The van der Waals surface area contributed by atoms with Gasteiger partial charge in [-0.1, -0.05) is 12.1 Å². The van der Waals surface area contributed by atoms with Crippen molar-refractivity contribution < 1.29 is 19.1 Å². The second kappa shape index (κ2) is 9.19. The smallest absolute Gasteiger partial charge is 0.263 e. The molecule has 0 bridgehead atoms. The van der Waals surface area contributed by atoms with Gasteiger partial charge in [-0.25, -0.2) is 0 Å². The van der Waals surface area contributed by atoms with Gasteiger partial charge in [0, 0.05) is 4.47 Å². The van der Waals surface area contributed by atoms with Crippen LogP contribution in [0.3, 0.4) is 0 Å². The van der Waals surface area contributed by atoms with Crippen LogP contribution < -0.4 is 20.7 Å². The molecular weight excluding hydrogens is 470 g/mol. The summed E-state index contributed by atoms with van der Waals surface area (Å²) >= 11 is 8.20. The molecule has 30 heavy (non-hydrogen) atoms. The van der Waals surface area contributed by atoms with E-state index in [0.29, 0.717) is 17.0 Å². The molecule has 0 atom stereocenters. The predicted molar refractivity (Wildman–Crippen MR) is 121 cm³/mol.